The van der Waals surface area contributed by atoms with E-state index in [-0.39, 0.29) is 0 Å². The monoisotopic (exact) mass is 341 g/mol. The highest BCUT2D eigenvalue weighted by molar-refractivity contribution is 9.10. The number of benzene rings is 1. The van der Waals surface area contributed by atoms with E-state index < -0.39 is 5.91 Å². The molecule has 0 aliphatic carbocycles. The van der Waals surface area contributed by atoms with Crippen LogP contribution in [0.15, 0.2) is 53.3 Å². The zero-order valence-electron chi connectivity index (χ0n) is 11.0. The third-order valence-corrected chi connectivity index (χ3v) is 3.73. The standard InChI is InChI=1S/C16H12BrN3O/c17-12-5-3-10(4-6-12)14(15(18)21)8-11-9-20-16-13(11)2-1-7-19-16/h1-9H,(H2,18,21)(H,19,20)/b14-8-. The topological polar surface area (TPSA) is 71.8 Å². The molecule has 3 aromatic rings. The minimum Gasteiger partial charge on any atom is -0.366 e. The maximum atomic E-state index is 11.8. The van der Waals surface area contributed by atoms with Crippen molar-refractivity contribution in [3.63, 3.8) is 0 Å². The highest BCUT2D eigenvalue weighted by Gasteiger charge is 2.10. The van der Waals surface area contributed by atoms with Gasteiger partial charge in [-0.3, -0.25) is 4.79 Å². The summed E-state index contributed by atoms with van der Waals surface area (Å²) in [5.41, 5.74) is 8.43. The first-order chi connectivity index (χ1) is 10.1. The van der Waals surface area contributed by atoms with Crippen molar-refractivity contribution >= 4 is 44.5 Å². The number of fused-ring (bicyclic) bond motifs is 1. The van der Waals surface area contributed by atoms with E-state index in [1.165, 1.54) is 0 Å². The Bertz CT molecular complexity index is 834. The normalized spacial score (nSPS) is 11.8. The number of rotatable bonds is 3. The number of amides is 1. The highest BCUT2D eigenvalue weighted by Crippen LogP contribution is 2.24. The molecular formula is C16H12BrN3O. The lowest BCUT2D eigenvalue weighted by Crippen LogP contribution is -2.12. The van der Waals surface area contributed by atoms with E-state index in [4.69, 9.17) is 5.73 Å². The minimum atomic E-state index is -0.462. The summed E-state index contributed by atoms with van der Waals surface area (Å²) < 4.78 is 0.950. The van der Waals surface area contributed by atoms with E-state index in [0.717, 1.165) is 26.6 Å². The highest BCUT2D eigenvalue weighted by atomic mass is 79.9. The van der Waals surface area contributed by atoms with Crippen LogP contribution in [-0.4, -0.2) is 15.9 Å². The molecule has 1 amide bonds. The SMILES string of the molecule is NC(=O)/C(=C\c1c[nH]c2ncccc12)c1ccc(Br)cc1. The van der Waals surface area contributed by atoms with Crippen molar-refractivity contribution in [1.82, 2.24) is 9.97 Å². The van der Waals surface area contributed by atoms with E-state index >= 15 is 0 Å². The summed E-state index contributed by atoms with van der Waals surface area (Å²) in [5, 5.41) is 0.952. The molecule has 21 heavy (non-hydrogen) atoms. The van der Waals surface area contributed by atoms with Crippen molar-refractivity contribution in [1.29, 1.82) is 0 Å². The lowest BCUT2D eigenvalue weighted by atomic mass is 10.0. The Hall–Kier alpha value is -2.40. The van der Waals surface area contributed by atoms with E-state index in [1.54, 1.807) is 12.3 Å². The Kier molecular flexibility index (Phi) is 3.58. The molecule has 0 bridgehead atoms. The van der Waals surface area contributed by atoms with Gasteiger partial charge in [0, 0.05) is 33.4 Å². The zero-order valence-corrected chi connectivity index (χ0v) is 12.6. The second-order valence-electron chi connectivity index (χ2n) is 4.57. The molecule has 3 rings (SSSR count). The first-order valence-corrected chi connectivity index (χ1v) is 7.14. The molecule has 104 valence electrons. The van der Waals surface area contributed by atoms with Gasteiger partial charge in [0.2, 0.25) is 5.91 Å². The van der Waals surface area contributed by atoms with Gasteiger partial charge in [-0.15, -0.1) is 0 Å². The number of nitrogens with zero attached hydrogens (tertiary/aromatic N) is 1. The van der Waals surface area contributed by atoms with Crippen molar-refractivity contribution < 1.29 is 4.79 Å². The molecule has 0 atom stereocenters. The van der Waals surface area contributed by atoms with Crippen molar-refractivity contribution in [3.8, 4) is 0 Å². The maximum Gasteiger partial charge on any atom is 0.249 e. The molecule has 0 aliphatic heterocycles. The predicted molar refractivity (Wildman–Crippen MR) is 87.3 cm³/mol. The quantitative estimate of drug-likeness (QED) is 0.717. The summed E-state index contributed by atoms with van der Waals surface area (Å²) in [7, 11) is 0. The molecule has 0 radical (unpaired) electrons. The van der Waals surface area contributed by atoms with Crippen LogP contribution >= 0.6 is 15.9 Å². The van der Waals surface area contributed by atoms with Crippen LogP contribution < -0.4 is 5.73 Å². The summed E-state index contributed by atoms with van der Waals surface area (Å²) in [6.07, 6.45) is 5.32. The van der Waals surface area contributed by atoms with Gasteiger partial charge in [-0.25, -0.2) is 4.98 Å². The fourth-order valence-electron chi connectivity index (χ4n) is 2.18. The molecule has 0 unspecified atom stereocenters. The Balaban J connectivity index is 2.13. The molecule has 4 nitrogen and oxygen atoms in total. The summed E-state index contributed by atoms with van der Waals surface area (Å²) in [4.78, 5) is 19.1. The molecule has 0 saturated carbocycles. The molecule has 0 saturated heterocycles. The van der Waals surface area contributed by atoms with Gasteiger partial charge in [0.1, 0.15) is 5.65 Å². The van der Waals surface area contributed by atoms with Gasteiger partial charge in [-0.05, 0) is 35.9 Å². The number of aromatic nitrogens is 2. The third-order valence-electron chi connectivity index (χ3n) is 3.20. The van der Waals surface area contributed by atoms with E-state index in [2.05, 4.69) is 25.9 Å². The number of carbonyl (C=O) groups excluding carboxylic acids is 1. The Morgan fingerprint density at radius 2 is 2.00 bits per heavy atom. The zero-order chi connectivity index (χ0) is 14.8. The Morgan fingerprint density at radius 3 is 2.71 bits per heavy atom. The number of primary amides is 1. The summed E-state index contributed by atoms with van der Waals surface area (Å²) in [6, 6.07) is 11.3. The molecule has 1 aromatic carbocycles. The van der Waals surface area contributed by atoms with Crippen LogP contribution in [0, 0.1) is 0 Å². The fourth-order valence-corrected chi connectivity index (χ4v) is 2.44. The number of hydrogen-bond acceptors (Lipinski definition) is 2. The second kappa shape index (κ2) is 5.54. The number of aromatic amines is 1. The number of nitrogens with one attached hydrogen (secondary N) is 1. The molecule has 5 heteroatoms. The van der Waals surface area contributed by atoms with Gasteiger partial charge >= 0.3 is 0 Å². The number of halogens is 1. The van der Waals surface area contributed by atoms with Crippen LogP contribution in [0.3, 0.4) is 0 Å². The molecule has 2 heterocycles. The van der Waals surface area contributed by atoms with E-state index in [9.17, 15) is 4.79 Å². The third kappa shape index (κ3) is 2.73. The molecule has 3 N–H and O–H groups in total. The van der Waals surface area contributed by atoms with Gasteiger partial charge in [0.15, 0.2) is 0 Å². The first-order valence-electron chi connectivity index (χ1n) is 6.34. The predicted octanol–water partition coefficient (Wildman–Crippen LogP) is 3.35. The van der Waals surface area contributed by atoms with Gasteiger partial charge in [0.05, 0.1) is 0 Å². The molecule has 0 spiro atoms. The smallest absolute Gasteiger partial charge is 0.249 e. The molecular weight excluding hydrogens is 330 g/mol. The molecule has 2 aromatic heterocycles. The second-order valence-corrected chi connectivity index (χ2v) is 5.49. The first kappa shape index (κ1) is 13.6. The maximum absolute atomic E-state index is 11.8. The average molecular weight is 342 g/mol. The number of H-pyrrole nitrogens is 1. The van der Waals surface area contributed by atoms with Gasteiger partial charge in [-0.1, -0.05) is 28.1 Å². The van der Waals surface area contributed by atoms with Crippen molar-refractivity contribution in [2.45, 2.75) is 0 Å². The van der Waals surface area contributed by atoms with Crippen LogP contribution in [-0.2, 0) is 4.79 Å². The number of hydrogen-bond donors (Lipinski definition) is 2. The van der Waals surface area contributed by atoms with Crippen molar-refractivity contribution in [3.05, 3.63) is 64.4 Å². The number of carbonyl (C=O) groups is 1. The van der Waals surface area contributed by atoms with Crippen LogP contribution in [0.5, 0.6) is 0 Å². The minimum absolute atomic E-state index is 0.462. The molecule has 0 fully saturated rings. The van der Waals surface area contributed by atoms with Crippen LogP contribution in [0.25, 0.3) is 22.7 Å². The van der Waals surface area contributed by atoms with Gasteiger partial charge in [0.25, 0.3) is 0 Å². The number of nitrogens with two attached hydrogens (primary N) is 1. The van der Waals surface area contributed by atoms with Crippen LogP contribution in [0.1, 0.15) is 11.1 Å². The molecule has 0 aliphatic rings. The number of pyridine rings is 1. The summed E-state index contributed by atoms with van der Waals surface area (Å²) in [6.45, 7) is 0. The van der Waals surface area contributed by atoms with Crippen molar-refractivity contribution in [2.75, 3.05) is 0 Å². The van der Waals surface area contributed by atoms with Crippen LogP contribution in [0.2, 0.25) is 0 Å². The van der Waals surface area contributed by atoms with E-state index in [1.807, 2.05) is 42.6 Å². The summed E-state index contributed by atoms with van der Waals surface area (Å²) >= 11 is 3.38. The fraction of sp³-hybridized carbons (Fsp3) is 0. The van der Waals surface area contributed by atoms with Gasteiger partial charge < -0.3 is 10.7 Å². The lowest BCUT2D eigenvalue weighted by molar-refractivity contribution is -0.112. The summed E-state index contributed by atoms with van der Waals surface area (Å²) in [5.74, 6) is -0.462. The van der Waals surface area contributed by atoms with Crippen LogP contribution in [0.4, 0.5) is 0 Å². The Morgan fingerprint density at radius 1 is 1.24 bits per heavy atom. The van der Waals surface area contributed by atoms with E-state index in [0.29, 0.717) is 5.57 Å². The van der Waals surface area contributed by atoms with Gasteiger partial charge in [-0.2, -0.15) is 0 Å². The van der Waals surface area contributed by atoms with Crippen molar-refractivity contribution in [2.24, 2.45) is 5.73 Å². The Labute approximate surface area is 129 Å². The average Bonchev–Trinajstić information content (AvgIpc) is 2.89. The largest absolute Gasteiger partial charge is 0.366 e. The lowest BCUT2D eigenvalue weighted by Gasteiger charge is -2.04.